The lowest BCUT2D eigenvalue weighted by Crippen LogP contribution is -2.36. The van der Waals surface area contributed by atoms with E-state index >= 15 is 0 Å². The Labute approximate surface area is 144 Å². The fourth-order valence-corrected chi connectivity index (χ4v) is 3.16. The lowest BCUT2D eigenvalue weighted by Gasteiger charge is -2.28. The molecular weight excluding hydrogens is 319 g/mol. The average molecular weight is 345 g/mol. The topological polar surface area (TPSA) is 41.1 Å². The quantitative estimate of drug-likeness (QED) is 0.829. The third kappa shape index (κ3) is 6.15. The van der Waals surface area contributed by atoms with Crippen LogP contribution in [0.1, 0.15) is 31.7 Å². The predicted molar refractivity (Wildman–Crippen MR) is 94.8 cm³/mol. The number of piperidine rings is 1. The number of hydrogen-bond acceptors (Lipinski definition) is 2. The monoisotopic (exact) mass is 344 g/mol. The maximum Gasteiger partial charge on any atom is 0.220 e. The molecule has 2 rings (SSSR count). The van der Waals surface area contributed by atoms with Crippen LogP contribution in [0.2, 0.25) is 5.02 Å². The summed E-state index contributed by atoms with van der Waals surface area (Å²) in [5.74, 6) is 1.23. The van der Waals surface area contributed by atoms with Crippen LogP contribution in [0.3, 0.4) is 0 Å². The number of carbonyl (C=O) groups excluding carboxylic acids is 1. The molecule has 22 heavy (non-hydrogen) atoms. The molecule has 2 atom stereocenters. The Morgan fingerprint density at radius 3 is 2.91 bits per heavy atom. The summed E-state index contributed by atoms with van der Waals surface area (Å²) in [4.78, 5) is 12.0. The second kappa shape index (κ2) is 10.1. The third-order valence-corrected chi connectivity index (χ3v) is 4.69. The SMILES string of the molecule is CC(CC(=O)NCCc1ccccc1Cl)C1CCCNC1.Cl. The van der Waals surface area contributed by atoms with E-state index < -0.39 is 0 Å². The standard InChI is InChI=1S/C17H25ClN2O.ClH/c1-13(15-6-4-9-19-12-15)11-17(21)20-10-8-14-5-2-3-7-16(14)18;/h2-3,5,7,13,15,19H,4,6,8-12H2,1H3,(H,20,21);1H. The van der Waals surface area contributed by atoms with Gasteiger partial charge in [0.05, 0.1) is 0 Å². The van der Waals surface area contributed by atoms with E-state index in [4.69, 9.17) is 11.6 Å². The van der Waals surface area contributed by atoms with Crippen molar-refractivity contribution in [2.45, 2.75) is 32.6 Å². The van der Waals surface area contributed by atoms with E-state index in [1.165, 1.54) is 12.8 Å². The Morgan fingerprint density at radius 1 is 1.45 bits per heavy atom. The van der Waals surface area contributed by atoms with E-state index in [1.807, 2.05) is 24.3 Å². The highest BCUT2D eigenvalue weighted by Gasteiger charge is 2.21. The van der Waals surface area contributed by atoms with Crippen LogP contribution in [0, 0.1) is 11.8 Å². The molecule has 0 aromatic heterocycles. The van der Waals surface area contributed by atoms with Crippen LogP contribution in [-0.2, 0) is 11.2 Å². The van der Waals surface area contributed by atoms with E-state index in [9.17, 15) is 4.79 Å². The molecule has 0 bridgehead atoms. The first-order chi connectivity index (χ1) is 10.2. The number of nitrogens with one attached hydrogen (secondary N) is 2. The Hall–Kier alpha value is -0.770. The van der Waals surface area contributed by atoms with Gasteiger partial charge >= 0.3 is 0 Å². The Morgan fingerprint density at radius 2 is 2.23 bits per heavy atom. The highest BCUT2D eigenvalue weighted by Crippen LogP contribution is 2.22. The van der Waals surface area contributed by atoms with Crippen molar-refractivity contribution in [1.82, 2.24) is 10.6 Å². The van der Waals surface area contributed by atoms with Crippen LogP contribution < -0.4 is 10.6 Å². The molecule has 2 unspecified atom stereocenters. The van der Waals surface area contributed by atoms with Crippen molar-refractivity contribution < 1.29 is 4.79 Å². The molecule has 1 amide bonds. The summed E-state index contributed by atoms with van der Waals surface area (Å²) in [5.41, 5.74) is 1.09. The lowest BCUT2D eigenvalue weighted by atomic mass is 9.85. The van der Waals surface area contributed by atoms with Crippen molar-refractivity contribution in [2.75, 3.05) is 19.6 Å². The van der Waals surface area contributed by atoms with Crippen molar-refractivity contribution in [1.29, 1.82) is 0 Å². The second-order valence-electron chi connectivity index (χ2n) is 5.98. The molecule has 124 valence electrons. The van der Waals surface area contributed by atoms with Crippen molar-refractivity contribution in [3.8, 4) is 0 Å². The van der Waals surface area contributed by atoms with Gasteiger partial charge in [0.2, 0.25) is 5.91 Å². The van der Waals surface area contributed by atoms with Gasteiger partial charge in [-0.1, -0.05) is 36.7 Å². The average Bonchev–Trinajstić information content (AvgIpc) is 2.50. The molecule has 0 saturated carbocycles. The fourth-order valence-electron chi connectivity index (χ4n) is 2.93. The summed E-state index contributed by atoms with van der Waals surface area (Å²) in [6.07, 6.45) is 3.86. The minimum Gasteiger partial charge on any atom is -0.356 e. The molecule has 1 heterocycles. The van der Waals surface area contributed by atoms with Gasteiger partial charge in [0, 0.05) is 18.0 Å². The molecule has 3 nitrogen and oxygen atoms in total. The zero-order valence-corrected chi connectivity index (χ0v) is 14.7. The smallest absolute Gasteiger partial charge is 0.220 e. The van der Waals surface area contributed by atoms with Gasteiger partial charge in [-0.2, -0.15) is 0 Å². The lowest BCUT2D eigenvalue weighted by molar-refractivity contribution is -0.122. The van der Waals surface area contributed by atoms with Crippen LogP contribution in [0.25, 0.3) is 0 Å². The van der Waals surface area contributed by atoms with Crippen molar-refractivity contribution in [3.63, 3.8) is 0 Å². The van der Waals surface area contributed by atoms with Gasteiger partial charge in [-0.05, 0) is 55.8 Å². The Balaban J connectivity index is 0.00000242. The van der Waals surface area contributed by atoms with E-state index in [1.54, 1.807) is 0 Å². The summed E-state index contributed by atoms with van der Waals surface area (Å²) >= 11 is 6.11. The van der Waals surface area contributed by atoms with Gasteiger partial charge < -0.3 is 10.6 Å². The van der Waals surface area contributed by atoms with E-state index in [0.717, 1.165) is 30.1 Å². The van der Waals surface area contributed by atoms with Gasteiger partial charge in [-0.15, -0.1) is 12.4 Å². The van der Waals surface area contributed by atoms with Crippen molar-refractivity contribution >= 4 is 29.9 Å². The molecule has 5 heteroatoms. The number of hydrogen-bond donors (Lipinski definition) is 2. The molecular formula is C17H26Cl2N2O. The fraction of sp³-hybridized carbons (Fsp3) is 0.588. The number of benzene rings is 1. The number of carbonyl (C=O) groups is 1. The van der Waals surface area contributed by atoms with Gasteiger partial charge in [0.15, 0.2) is 0 Å². The third-order valence-electron chi connectivity index (χ3n) is 4.32. The highest BCUT2D eigenvalue weighted by molar-refractivity contribution is 6.31. The van der Waals surface area contributed by atoms with Crippen molar-refractivity contribution in [2.24, 2.45) is 11.8 Å². The number of halogens is 2. The number of rotatable bonds is 6. The van der Waals surface area contributed by atoms with Crippen LogP contribution in [0.4, 0.5) is 0 Å². The van der Waals surface area contributed by atoms with E-state index in [0.29, 0.717) is 24.8 Å². The van der Waals surface area contributed by atoms with Crippen LogP contribution in [0.15, 0.2) is 24.3 Å². The summed E-state index contributed by atoms with van der Waals surface area (Å²) in [5, 5.41) is 7.20. The molecule has 1 aromatic carbocycles. The normalized spacial score (nSPS) is 19.1. The Kier molecular flexibility index (Phi) is 8.84. The van der Waals surface area contributed by atoms with E-state index in [-0.39, 0.29) is 18.3 Å². The molecule has 1 aromatic rings. The summed E-state index contributed by atoms with van der Waals surface area (Å²) < 4.78 is 0. The first kappa shape index (κ1) is 19.3. The maximum atomic E-state index is 12.0. The van der Waals surface area contributed by atoms with E-state index in [2.05, 4.69) is 17.6 Å². The molecule has 1 saturated heterocycles. The highest BCUT2D eigenvalue weighted by atomic mass is 35.5. The first-order valence-electron chi connectivity index (χ1n) is 7.87. The number of amides is 1. The molecule has 1 fully saturated rings. The zero-order valence-electron chi connectivity index (χ0n) is 13.1. The molecule has 1 aliphatic heterocycles. The summed E-state index contributed by atoms with van der Waals surface area (Å²) in [6.45, 7) is 5.00. The maximum absolute atomic E-state index is 12.0. The molecule has 0 aliphatic carbocycles. The largest absolute Gasteiger partial charge is 0.356 e. The summed E-state index contributed by atoms with van der Waals surface area (Å²) in [7, 11) is 0. The van der Waals surface area contributed by atoms with Gasteiger partial charge in [0.25, 0.3) is 0 Å². The van der Waals surface area contributed by atoms with Crippen molar-refractivity contribution in [3.05, 3.63) is 34.9 Å². The molecule has 1 aliphatic rings. The second-order valence-corrected chi connectivity index (χ2v) is 6.39. The zero-order chi connectivity index (χ0) is 15.1. The minimum absolute atomic E-state index is 0. The molecule has 2 N–H and O–H groups in total. The first-order valence-corrected chi connectivity index (χ1v) is 8.25. The predicted octanol–water partition coefficient (Wildman–Crippen LogP) is 3.45. The Bertz CT molecular complexity index is 462. The van der Waals surface area contributed by atoms with Crippen LogP contribution >= 0.6 is 24.0 Å². The molecule has 0 spiro atoms. The minimum atomic E-state index is 0. The van der Waals surface area contributed by atoms with Crippen LogP contribution in [-0.4, -0.2) is 25.5 Å². The van der Waals surface area contributed by atoms with Gasteiger partial charge in [0.1, 0.15) is 0 Å². The molecule has 0 radical (unpaired) electrons. The summed E-state index contributed by atoms with van der Waals surface area (Å²) in [6, 6.07) is 7.78. The van der Waals surface area contributed by atoms with Gasteiger partial charge in [-0.3, -0.25) is 4.79 Å². The van der Waals surface area contributed by atoms with Crippen LogP contribution in [0.5, 0.6) is 0 Å². The van der Waals surface area contributed by atoms with Gasteiger partial charge in [-0.25, -0.2) is 0 Å².